The molecule has 0 spiro atoms. The summed E-state index contributed by atoms with van der Waals surface area (Å²) in [6.45, 7) is -2.19. The monoisotopic (exact) mass is 388 g/mol. The molecule has 0 bridgehead atoms. The number of halogens is 6. The van der Waals surface area contributed by atoms with Crippen LogP contribution in [0, 0.1) is 11.8 Å². The van der Waals surface area contributed by atoms with E-state index in [1.165, 1.54) is 7.05 Å². The van der Waals surface area contributed by atoms with Crippen molar-refractivity contribution in [2.75, 3.05) is 13.1 Å². The van der Waals surface area contributed by atoms with Crippen molar-refractivity contribution in [2.24, 2.45) is 18.9 Å². The Morgan fingerprint density at radius 3 is 2.35 bits per heavy atom. The van der Waals surface area contributed by atoms with Crippen LogP contribution in [0.4, 0.5) is 31.1 Å². The maximum atomic E-state index is 12.9. The minimum atomic E-state index is -4.81. The number of alkyl halides is 6. The number of rotatable bonds is 3. The lowest BCUT2D eigenvalue weighted by Crippen LogP contribution is -2.39. The van der Waals surface area contributed by atoms with E-state index in [1.807, 2.05) is 0 Å². The fourth-order valence-corrected chi connectivity index (χ4v) is 2.74. The molecule has 26 heavy (non-hydrogen) atoms. The number of amides is 2. The molecule has 1 saturated heterocycles. The first kappa shape index (κ1) is 19.8. The van der Waals surface area contributed by atoms with Crippen LogP contribution in [0.15, 0.2) is 6.20 Å². The Morgan fingerprint density at radius 2 is 1.88 bits per heavy atom. The summed E-state index contributed by atoms with van der Waals surface area (Å²) < 4.78 is 78.0. The zero-order valence-corrected chi connectivity index (χ0v) is 13.2. The van der Waals surface area contributed by atoms with Gasteiger partial charge in [0.25, 0.3) is 0 Å². The van der Waals surface area contributed by atoms with Crippen LogP contribution in [0.25, 0.3) is 0 Å². The van der Waals surface area contributed by atoms with Crippen LogP contribution < -0.4 is 5.32 Å². The number of nitrogens with one attached hydrogen (secondary N) is 1. The lowest BCUT2D eigenvalue weighted by Gasteiger charge is -2.18. The molecular weight excluding hydrogens is 374 g/mol. The molecule has 0 saturated carbocycles. The van der Waals surface area contributed by atoms with E-state index >= 15 is 0 Å². The van der Waals surface area contributed by atoms with Gasteiger partial charge in [-0.2, -0.15) is 31.4 Å². The molecule has 0 radical (unpaired) electrons. The predicted molar refractivity (Wildman–Crippen MR) is 72.7 cm³/mol. The normalized spacial score (nSPS) is 21.1. The standard InChI is InChI=1S/C13H14F6N4O3/c1-22-3-6(9(21-22)13(17,18)19)2-20-11(26)23-4-7(10(24)25)8(5-23)12(14,15)16/h3,7-8H,2,4-5H2,1H3,(H,20,26)(H,24,25)/t7-,8-/m1/s1. The number of aromatic nitrogens is 2. The number of carboxylic acids is 1. The highest BCUT2D eigenvalue weighted by Gasteiger charge is 2.53. The number of likely N-dealkylation sites (tertiary alicyclic amines) is 1. The lowest BCUT2D eigenvalue weighted by molar-refractivity contribution is -0.187. The molecule has 7 nitrogen and oxygen atoms in total. The number of carbonyl (C=O) groups excluding carboxylic acids is 1. The highest BCUT2D eigenvalue weighted by molar-refractivity contribution is 5.77. The summed E-state index contributed by atoms with van der Waals surface area (Å²) in [5.41, 5.74) is -1.59. The molecule has 1 aliphatic heterocycles. The average Bonchev–Trinajstić information content (AvgIpc) is 3.07. The van der Waals surface area contributed by atoms with Crippen molar-refractivity contribution in [1.29, 1.82) is 0 Å². The number of nitrogens with zero attached hydrogens (tertiary/aromatic N) is 3. The summed E-state index contributed by atoms with van der Waals surface area (Å²) in [5.74, 6) is -5.77. The van der Waals surface area contributed by atoms with Crippen molar-refractivity contribution >= 4 is 12.0 Å². The van der Waals surface area contributed by atoms with Crippen LogP contribution in [-0.4, -0.2) is 51.1 Å². The molecule has 2 N–H and O–H groups in total. The van der Waals surface area contributed by atoms with Crippen LogP contribution in [0.3, 0.4) is 0 Å². The van der Waals surface area contributed by atoms with Gasteiger partial charge in [0.2, 0.25) is 0 Å². The molecule has 1 fully saturated rings. The Bertz CT molecular complexity index is 699. The van der Waals surface area contributed by atoms with E-state index < -0.39 is 61.5 Å². The molecule has 146 valence electrons. The zero-order valence-electron chi connectivity index (χ0n) is 13.2. The van der Waals surface area contributed by atoms with Gasteiger partial charge in [-0.1, -0.05) is 0 Å². The summed E-state index contributed by atoms with van der Waals surface area (Å²) in [6.07, 6.45) is -8.55. The van der Waals surface area contributed by atoms with Gasteiger partial charge in [-0.25, -0.2) is 4.79 Å². The van der Waals surface area contributed by atoms with Crippen molar-refractivity contribution in [1.82, 2.24) is 20.0 Å². The number of aliphatic carboxylic acids is 1. The SMILES string of the molecule is Cn1cc(CNC(=O)N2C[C@@H](C(F)(F)F)[C@H](C(=O)O)C2)c(C(F)(F)F)n1. The van der Waals surface area contributed by atoms with Crippen LogP contribution in [0.1, 0.15) is 11.3 Å². The highest BCUT2D eigenvalue weighted by Crippen LogP contribution is 2.37. The molecule has 2 rings (SSSR count). The topological polar surface area (TPSA) is 87.5 Å². The minimum absolute atomic E-state index is 0.366. The van der Waals surface area contributed by atoms with Crippen LogP contribution in [0.2, 0.25) is 0 Å². The third kappa shape index (κ3) is 4.19. The van der Waals surface area contributed by atoms with Crippen molar-refractivity contribution in [3.05, 3.63) is 17.5 Å². The van der Waals surface area contributed by atoms with Crippen molar-refractivity contribution in [2.45, 2.75) is 18.9 Å². The Morgan fingerprint density at radius 1 is 1.27 bits per heavy atom. The van der Waals surface area contributed by atoms with Gasteiger partial charge >= 0.3 is 24.4 Å². The highest BCUT2D eigenvalue weighted by atomic mass is 19.4. The first-order valence-electron chi connectivity index (χ1n) is 7.22. The molecule has 0 aromatic carbocycles. The second-order valence-electron chi connectivity index (χ2n) is 5.83. The average molecular weight is 388 g/mol. The van der Waals surface area contributed by atoms with Crippen LogP contribution >= 0.6 is 0 Å². The molecule has 2 amide bonds. The number of urea groups is 1. The number of hydrogen-bond donors (Lipinski definition) is 2. The molecule has 1 aromatic rings. The predicted octanol–water partition coefficient (Wildman–Crippen LogP) is 1.84. The lowest BCUT2D eigenvalue weighted by atomic mass is 9.96. The van der Waals surface area contributed by atoms with E-state index in [0.29, 0.717) is 4.90 Å². The number of carbonyl (C=O) groups is 2. The van der Waals surface area contributed by atoms with Gasteiger partial charge in [0, 0.05) is 38.4 Å². The van der Waals surface area contributed by atoms with E-state index in [0.717, 1.165) is 10.9 Å². The van der Waals surface area contributed by atoms with E-state index in [-0.39, 0.29) is 5.56 Å². The van der Waals surface area contributed by atoms with Gasteiger partial charge in [-0.3, -0.25) is 9.48 Å². The van der Waals surface area contributed by atoms with Gasteiger partial charge in [-0.15, -0.1) is 0 Å². The summed E-state index contributed by atoms with van der Waals surface area (Å²) in [4.78, 5) is 23.6. The van der Waals surface area contributed by atoms with E-state index in [2.05, 4.69) is 10.4 Å². The maximum Gasteiger partial charge on any atom is 0.435 e. The Labute approximate surface area is 142 Å². The van der Waals surface area contributed by atoms with E-state index in [1.54, 1.807) is 0 Å². The van der Waals surface area contributed by atoms with Gasteiger partial charge in [0.05, 0.1) is 11.8 Å². The van der Waals surface area contributed by atoms with Gasteiger partial charge in [-0.05, 0) is 0 Å². The molecule has 2 atom stereocenters. The Hall–Kier alpha value is -2.47. The third-order valence-electron chi connectivity index (χ3n) is 3.95. The number of hydrogen-bond acceptors (Lipinski definition) is 3. The zero-order chi connectivity index (χ0) is 19.9. The van der Waals surface area contributed by atoms with Crippen LogP contribution in [0.5, 0.6) is 0 Å². The largest absolute Gasteiger partial charge is 0.481 e. The minimum Gasteiger partial charge on any atom is -0.481 e. The first-order valence-corrected chi connectivity index (χ1v) is 7.22. The molecule has 0 aliphatic carbocycles. The van der Waals surface area contributed by atoms with Crippen LogP contribution in [-0.2, 0) is 24.6 Å². The Kier molecular flexibility index (Phi) is 5.10. The third-order valence-corrected chi connectivity index (χ3v) is 3.95. The first-order chi connectivity index (χ1) is 11.8. The molecule has 1 aliphatic rings. The molecule has 2 heterocycles. The summed E-state index contributed by atoms with van der Waals surface area (Å²) in [6, 6.07) is -1.08. The summed E-state index contributed by atoms with van der Waals surface area (Å²) in [7, 11) is 1.24. The van der Waals surface area contributed by atoms with Crippen molar-refractivity contribution in [3.63, 3.8) is 0 Å². The Balaban J connectivity index is 2.07. The molecule has 0 unspecified atom stereocenters. The molecule has 1 aromatic heterocycles. The fraction of sp³-hybridized carbons (Fsp3) is 0.615. The second kappa shape index (κ2) is 6.68. The second-order valence-corrected chi connectivity index (χ2v) is 5.83. The van der Waals surface area contributed by atoms with E-state index in [9.17, 15) is 35.9 Å². The number of aryl methyl sites for hydroxylation is 1. The molecule has 13 heteroatoms. The van der Waals surface area contributed by atoms with Crippen molar-refractivity contribution < 1.29 is 41.0 Å². The van der Waals surface area contributed by atoms with E-state index in [4.69, 9.17) is 5.11 Å². The maximum absolute atomic E-state index is 12.9. The molecular formula is C13H14F6N4O3. The van der Waals surface area contributed by atoms with Gasteiger partial charge in [0.1, 0.15) is 0 Å². The summed E-state index contributed by atoms with van der Waals surface area (Å²) >= 11 is 0. The smallest absolute Gasteiger partial charge is 0.435 e. The fourth-order valence-electron chi connectivity index (χ4n) is 2.74. The number of carboxylic acid groups (broad SMARTS) is 1. The van der Waals surface area contributed by atoms with Crippen molar-refractivity contribution in [3.8, 4) is 0 Å². The quantitative estimate of drug-likeness (QED) is 0.774. The van der Waals surface area contributed by atoms with Gasteiger partial charge in [0.15, 0.2) is 5.69 Å². The summed E-state index contributed by atoms with van der Waals surface area (Å²) in [5, 5.41) is 14.2. The van der Waals surface area contributed by atoms with Gasteiger partial charge < -0.3 is 15.3 Å².